The number of carbonyl (C=O) groups is 3. The van der Waals surface area contributed by atoms with Gasteiger partial charge in [0.1, 0.15) is 6.04 Å². The summed E-state index contributed by atoms with van der Waals surface area (Å²) >= 11 is 1.49. The minimum atomic E-state index is -1.44. The first kappa shape index (κ1) is 17.0. The van der Waals surface area contributed by atoms with E-state index in [1.807, 2.05) is 17.5 Å². The molecule has 0 fully saturated rings. The van der Waals surface area contributed by atoms with Crippen molar-refractivity contribution in [2.24, 2.45) is 0 Å². The lowest BCUT2D eigenvalue weighted by Gasteiger charge is -2.27. The van der Waals surface area contributed by atoms with Crippen molar-refractivity contribution >= 4 is 29.3 Å². The van der Waals surface area contributed by atoms with Gasteiger partial charge in [0.2, 0.25) is 0 Å². The second kappa shape index (κ2) is 7.63. The Kier molecular flexibility index (Phi) is 6.16. The number of carboxylic acid groups (broad SMARTS) is 2. The van der Waals surface area contributed by atoms with Gasteiger partial charge in [0, 0.05) is 10.9 Å². The third-order valence-corrected chi connectivity index (χ3v) is 3.63. The molecule has 1 atom stereocenters. The largest absolute Gasteiger partial charge is 0.481 e. The first-order valence-electron chi connectivity index (χ1n) is 6.35. The lowest BCUT2D eigenvalue weighted by Crippen LogP contribution is -2.50. The first-order valence-corrected chi connectivity index (χ1v) is 7.23. The van der Waals surface area contributed by atoms with E-state index in [0.717, 1.165) is 4.88 Å². The van der Waals surface area contributed by atoms with Crippen molar-refractivity contribution in [3.63, 3.8) is 0 Å². The van der Waals surface area contributed by atoms with E-state index in [1.165, 1.54) is 16.2 Å². The molecular formula is C13H18N2O5S. The van der Waals surface area contributed by atoms with Gasteiger partial charge in [-0.3, -0.25) is 4.79 Å². The van der Waals surface area contributed by atoms with Gasteiger partial charge >= 0.3 is 18.0 Å². The molecule has 8 heteroatoms. The van der Waals surface area contributed by atoms with Crippen LogP contribution in [0, 0.1) is 0 Å². The lowest BCUT2D eigenvalue weighted by atomic mass is 10.2. The summed E-state index contributed by atoms with van der Waals surface area (Å²) in [7, 11) is 0. The molecule has 0 aliphatic rings. The zero-order chi connectivity index (χ0) is 16.0. The van der Waals surface area contributed by atoms with Crippen LogP contribution in [0.5, 0.6) is 0 Å². The summed E-state index contributed by atoms with van der Waals surface area (Å²) in [6, 6.07) is 1.55. The maximum Gasteiger partial charge on any atom is 0.326 e. The van der Waals surface area contributed by atoms with Gasteiger partial charge in [-0.15, -0.1) is 11.3 Å². The van der Waals surface area contributed by atoms with E-state index in [-0.39, 0.29) is 6.04 Å². The minimum Gasteiger partial charge on any atom is -0.481 e. The first-order chi connectivity index (χ1) is 9.81. The Morgan fingerprint density at radius 1 is 1.33 bits per heavy atom. The highest BCUT2D eigenvalue weighted by Crippen LogP contribution is 2.14. The number of carboxylic acids is 2. The van der Waals surface area contributed by atoms with Gasteiger partial charge in [-0.05, 0) is 25.3 Å². The number of nitrogens with one attached hydrogen (secondary N) is 1. The molecule has 1 heterocycles. The zero-order valence-electron chi connectivity index (χ0n) is 11.8. The van der Waals surface area contributed by atoms with Gasteiger partial charge in [0.05, 0.1) is 13.0 Å². The molecule has 21 heavy (non-hydrogen) atoms. The van der Waals surface area contributed by atoms with Crippen molar-refractivity contribution < 1.29 is 24.6 Å². The van der Waals surface area contributed by atoms with Crippen LogP contribution in [-0.2, 0) is 16.1 Å². The van der Waals surface area contributed by atoms with Crippen molar-refractivity contribution in [2.45, 2.75) is 38.9 Å². The molecule has 3 N–H and O–H groups in total. The number of hydrogen-bond acceptors (Lipinski definition) is 4. The molecule has 0 bridgehead atoms. The number of urea groups is 1. The van der Waals surface area contributed by atoms with Crippen molar-refractivity contribution in [2.75, 3.05) is 0 Å². The molecule has 0 radical (unpaired) electrons. The molecule has 1 aromatic rings. The van der Waals surface area contributed by atoms with Crippen molar-refractivity contribution in [3.8, 4) is 0 Å². The smallest absolute Gasteiger partial charge is 0.326 e. The second-order valence-electron chi connectivity index (χ2n) is 4.74. The summed E-state index contributed by atoms with van der Waals surface area (Å²) in [4.78, 5) is 36.2. The quantitative estimate of drug-likeness (QED) is 0.708. The number of thiophene rings is 1. The van der Waals surface area contributed by atoms with Gasteiger partial charge in [-0.1, -0.05) is 6.07 Å². The molecule has 0 aromatic carbocycles. The predicted molar refractivity (Wildman–Crippen MR) is 77.2 cm³/mol. The molecule has 0 aliphatic heterocycles. The second-order valence-corrected chi connectivity index (χ2v) is 5.77. The fraction of sp³-hybridized carbons (Fsp3) is 0.462. The molecule has 0 saturated carbocycles. The van der Waals surface area contributed by atoms with Gasteiger partial charge in [-0.2, -0.15) is 0 Å². The van der Waals surface area contributed by atoms with E-state index >= 15 is 0 Å². The Labute approximate surface area is 126 Å². The van der Waals surface area contributed by atoms with Crippen LogP contribution < -0.4 is 5.32 Å². The summed E-state index contributed by atoms with van der Waals surface area (Å²) in [5.74, 6) is -2.65. The Morgan fingerprint density at radius 2 is 2.00 bits per heavy atom. The van der Waals surface area contributed by atoms with E-state index in [9.17, 15) is 14.4 Å². The Morgan fingerprint density at radius 3 is 2.43 bits per heavy atom. The van der Waals surface area contributed by atoms with Crippen LogP contribution in [0.2, 0.25) is 0 Å². The van der Waals surface area contributed by atoms with E-state index in [2.05, 4.69) is 5.32 Å². The number of aliphatic carboxylic acids is 2. The number of nitrogens with zero attached hydrogens (tertiary/aromatic N) is 1. The molecule has 116 valence electrons. The summed E-state index contributed by atoms with van der Waals surface area (Å²) in [6.45, 7) is 3.96. The van der Waals surface area contributed by atoms with Crippen LogP contribution >= 0.6 is 11.3 Å². The van der Waals surface area contributed by atoms with Gasteiger partial charge < -0.3 is 20.4 Å². The maximum absolute atomic E-state index is 12.2. The number of rotatable bonds is 7. The van der Waals surface area contributed by atoms with Crippen molar-refractivity contribution in [1.82, 2.24) is 10.2 Å². The van der Waals surface area contributed by atoms with Crippen molar-refractivity contribution in [1.29, 1.82) is 0 Å². The Hall–Kier alpha value is -2.09. The van der Waals surface area contributed by atoms with Crippen molar-refractivity contribution in [3.05, 3.63) is 22.4 Å². The molecule has 0 saturated heterocycles. The van der Waals surface area contributed by atoms with E-state index in [0.29, 0.717) is 6.54 Å². The summed E-state index contributed by atoms with van der Waals surface area (Å²) in [5, 5.41) is 21.8. The predicted octanol–water partition coefficient (Wildman–Crippen LogP) is 1.60. The van der Waals surface area contributed by atoms with Crippen LogP contribution in [0.15, 0.2) is 17.5 Å². The highest BCUT2D eigenvalue weighted by Gasteiger charge is 2.26. The van der Waals surface area contributed by atoms with E-state index in [1.54, 1.807) is 13.8 Å². The van der Waals surface area contributed by atoms with E-state index < -0.39 is 30.4 Å². The average molecular weight is 314 g/mol. The fourth-order valence-electron chi connectivity index (χ4n) is 1.67. The average Bonchev–Trinajstić information content (AvgIpc) is 2.86. The van der Waals surface area contributed by atoms with E-state index in [4.69, 9.17) is 10.2 Å². The van der Waals surface area contributed by atoms with Crippen LogP contribution in [0.4, 0.5) is 4.79 Å². The SMILES string of the molecule is CC(C)N(Cc1cccs1)C(=O)N[C@@H](CC(=O)O)C(=O)O. The Balaban J connectivity index is 2.75. The third-order valence-electron chi connectivity index (χ3n) is 2.77. The molecule has 2 amide bonds. The third kappa shape index (κ3) is 5.42. The number of amides is 2. The maximum atomic E-state index is 12.2. The van der Waals surface area contributed by atoms with Crippen LogP contribution in [0.1, 0.15) is 25.1 Å². The monoisotopic (exact) mass is 314 g/mol. The van der Waals surface area contributed by atoms with Crippen LogP contribution in [0.25, 0.3) is 0 Å². The number of carbonyl (C=O) groups excluding carboxylic acids is 1. The van der Waals surface area contributed by atoms with Crippen LogP contribution in [-0.4, -0.2) is 45.2 Å². The highest BCUT2D eigenvalue weighted by atomic mass is 32.1. The summed E-state index contributed by atoms with van der Waals surface area (Å²) < 4.78 is 0. The normalized spacial score (nSPS) is 12.0. The Bertz CT molecular complexity index is 501. The molecule has 7 nitrogen and oxygen atoms in total. The molecular weight excluding hydrogens is 296 g/mol. The molecule has 0 unspecified atom stereocenters. The standard InChI is InChI=1S/C13H18N2O5S/c1-8(2)15(7-9-4-3-5-21-9)13(20)14-10(12(18)19)6-11(16)17/h3-5,8,10H,6-7H2,1-2H3,(H,14,20)(H,16,17)(H,18,19)/t10-/m0/s1. The van der Waals surface area contributed by atoms with Crippen LogP contribution in [0.3, 0.4) is 0 Å². The van der Waals surface area contributed by atoms with Gasteiger partial charge in [0.15, 0.2) is 0 Å². The van der Waals surface area contributed by atoms with Gasteiger partial charge in [0.25, 0.3) is 0 Å². The molecule has 1 aromatic heterocycles. The minimum absolute atomic E-state index is 0.147. The summed E-state index contributed by atoms with van der Waals surface area (Å²) in [5.41, 5.74) is 0. The topological polar surface area (TPSA) is 107 Å². The fourth-order valence-corrected chi connectivity index (χ4v) is 2.37. The van der Waals surface area contributed by atoms with Gasteiger partial charge in [-0.25, -0.2) is 9.59 Å². The lowest BCUT2D eigenvalue weighted by molar-refractivity contribution is -0.145. The molecule has 0 aliphatic carbocycles. The number of hydrogen-bond donors (Lipinski definition) is 3. The zero-order valence-corrected chi connectivity index (χ0v) is 12.6. The molecule has 0 spiro atoms. The summed E-state index contributed by atoms with van der Waals surface area (Å²) in [6.07, 6.45) is -0.661. The molecule has 1 rings (SSSR count). The highest BCUT2D eigenvalue weighted by molar-refractivity contribution is 7.09.